The van der Waals surface area contributed by atoms with E-state index in [2.05, 4.69) is 4.90 Å². The van der Waals surface area contributed by atoms with Crippen LogP contribution in [0.4, 0.5) is 4.79 Å². The van der Waals surface area contributed by atoms with Crippen LogP contribution in [-0.4, -0.2) is 60.1 Å². The highest BCUT2D eigenvalue weighted by Crippen LogP contribution is 2.22. The molecule has 0 bridgehead atoms. The molecule has 2 N–H and O–H groups in total. The summed E-state index contributed by atoms with van der Waals surface area (Å²) in [7, 11) is 0. The molecule has 1 aliphatic carbocycles. The molecule has 0 aromatic heterocycles. The molecule has 6 nitrogen and oxygen atoms in total. The molecular formula is C13H23N3O3. The van der Waals surface area contributed by atoms with Crippen LogP contribution in [0.1, 0.15) is 32.6 Å². The lowest BCUT2D eigenvalue weighted by Crippen LogP contribution is -2.47. The van der Waals surface area contributed by atoms with Gasteiger partial charge >= 0.3 is 6.09 Å². The number of cyclic esters (lactones) is 1. The lowest BCUT2D eigenvalue weighted by Gasteiger charge is -2.35. The fourth-order valence-electron chi connectivity index (χ4n) is 2.84. The molecule has 2 amide bonds. The minimum absolute atomic E-state index is 0.153. The molecule has 0 spiro atoms. The van der Waals surface area contributed by atoms with Crippen molar-refractivity contribution in [1.29, 1.82) is 0 Å². The van der Waals surface area contributed by atoms with E-state index in [9.17, 15) is 9.59 Å². The molecular weight excluding hydrogens is 246 g/mol. The molecule has 19 heavy (non-hydrogen) atoms. The number of carbonyl (C=O) groups is 2. The summed E-state index contributed by atoms with van der Waals surface area (Å²) >= 11 is 0. The van der Waals surface area contributed by atoms with Crippen molar-refractivity contribution in [1.82, 2.24) is 9.80 Å². The van der Waals surface area contributed by atoms with Gasteiger partial charge < -0.3 is 10.5 Å². The average Bonchev–Trinajstić information content (AvgIpc) is 2.83. The molecule has 1 saturated carbocycles. The van der Waals surface area contributed by atoms with Crippen molar-refractivity contribution in [3.05, 3.63) is 0 Å². The predicted octanol–water partition coefficient (Wildman–Crippen LogP) is 0.557. The van der Waals surface area contributed by atoms with Crippen LogP contribution in [0.5, 0.6) is 0 Å². The number of carbonyl (C=O) groups excluding carboxylic acids is 2. The van der Waals surface area contributed by atoms with Crippen LogP contribution in [0.2, 0.25) is 0 Å². The molecule has 0 aromatic rings. The predicted molar refractivity (Wildman–Crippen MR) is 70.5 cm³/mol. The van der Waals surface area contributed by atoms with E-state index < -0.39 is 6.09 Å². The van der Waals surface area contributed by atoms with Crippen molar-refractivity contribution >= 4 is 12.0 Å². The van der Waals surface area contributed by atoms with Gasteiger partial charge in [-0.3, -0.25) is 9.69 Å². The van der Waals surface area contributed by atoms with Gasteiger partial charge in [-0.1, -0.05) is 6.92 Å². The number of nitrogens with two attached hydrogens (primary N) is 1. The van der Waals surface area contributed by atoms with Gasteiger partial charge in [0.15, 0.2) is 0 Å². The van der Waals surface area contributed by atoms with E-state index in [4.69, 9.17) is 10.5 Å². The first kappa shape index (κ1) is 14.3. The summed E-state index contributed by atoms with van der Waals surface area (Å²) in [5, 5.41) is 0. The maximum absolute atomic E-state index is 12.1. The van der Waals surface area contributed by atoms with Gasteiger partial charge in [-0.15, -0.1) is 0 Å². The molecule has 0 aromatic carbocycles. The van der Waals surface area contributed by atoms with Gasteiger partial charge in [-0.25, -0.2) is 9.69 Å². The minimum Gasteiger partial charge on any atom is -0.447 e. The molecule has 0 unspecified atom stereocenters. The summed E-state index contributed by atoms with van der Waals surface area (Å²) in [6.07, 6.45) is 3.59. The highest BCUT2D eigenvalue weighted by Gasteiger charge is 2.31. The highest BCUT2D eigenvalue weighted by atomic mass is 16.6. The average molecular weight is 269 g/mol. The third kappa shape index (κ3) is 3.45. The van der Waals surface area contributed by atoms with Crippen molar-refractivity contribution in [2.45, 2.75) is 44.7 Å². The summed E-state index contributed by atoms with van der Waals surface area (Å²) in [5.41, 5.74) is 5.90. The number of imide groups is 1. The zero-order chi connectivity index (χ0) is 13.8. The Morgan fingerprint density at radius 1 is 1.42 bits per heavy atom. The standard InChI is InChI=1S/C13H23N3O3/c1-2-15(11-5-3-10(14)4-6-11)9-12(17)16-7-8-19-13(16)18/h10-11H,2-9,14H2,1H3. The van der Waals surface area contributed by atoms with E-state index in [0.29, 0.717) is 31.8 Å². The van der Waals surface area contributed by atoms with Crippen molar-refractivity contribution < 1.29 is 14.3 Å². The van der Waals surface area contributed by atoms with Crippen LogP contribution < -0.4 is 5.73 Å². The molecule has 0 radical (unpaired) electrons. The fourth-order valence-corrected chi connectivity index (χ4v) is 2.84. The van der Waals surface area contributed by atoms with Gasteiger partial charge in [0, 0.05) is 12.1 Å². The van der Waals surface area contributed by atoms with Gasteiger partial charge in [0.2, 0.25) is 5.91 Å². The SMILES string of the molecule is CCN(CC(=O)N1CCOC1=O)C1CCC(N)CC1. The van der Waals surface area contributed by atoms with Gasteiger partial charge in [-0.05, 0) is 32.2 Å². The third-order valence-corrected chi connectivity index (χ3v) is 4.06. The Labute approximate surface area is 113 Å². The quantitative estimate of drug-likeness (QED) is 0.807. The molecule has 2 rings (SSSR count). The maximum atomic E-state index is 12.1. The zero-order valence-corrected chi connectivity index (χ0v) is 11.5. The second-order valence-corrected chi connectivity index (χ2v) is 5.29. The minimum atomic E-state index is -0.508. The summed E-state index contributed by atoms with van der Waals surface area (Å²) in [4.78, 5) is 26.8. The van der Waals surface area contributed by atoms with Gasteiger partial charge in [0.25, 0.3) is 0 Å². The lowest BCUT2D eigenvalue weighted by molar-refractivity contribution is -0.129. The van der Waals surface area contributed by atoms with Crippen molar-refractivity contribution in [3.63, 3.8) is 0 Å². The Bertz CT molecular complexity index is 340. The summed E-state index contributed by atoms with van der Waals surface area (Å²) in [6.45, 7) is 3.85. The Morgan fingerprint density at radius 3 is 2.63 bits per heavy atom. The Morgan fingerprint density at radius 2 is 2.11 bits per heavy atom. The fraction of sp³-hybridized carbons (Fsp3) is 0.846. The van der Waals surface area contributed by atoms with Crippen LogP contribution in [-0.2, 0) is 9.53 Å². The number of ether oxygens (including phenoxy) is 1. The zero-order valence-electron chi connectivity index (χ0n) is 11.5. The number of likely N-dealkylation sites (N-methyl/N-ethyl adjacent to an activating group) is 1. The van der Waals surface area contributed by atoms with Gasteiger partial charge in [0.1, 0.15) is 6.61 Å². The van der Waals surface area contributed by atoms with Crippen LogP contribution in [0.15, 0.2) is 0 Å². The number of rotatable bonds is 4. The summed E-state index contributed by atoms with van der Waals surface area (Å²) in [6, 6.07) is 0.714. The molecule has 1 saturated heterocycles. The van der Waals surface area contributed by atoms with Crippen molar-refractivity contribution in [2.75, 3.05) is 26.2 Å². The molecule has 6 heteroatoms. The van der Waals surface area contributed by atoms with E-state index in [1.165, 1.54) is 4.90 Å². The number of nitrogens with zero attached hydrogens (tertiary/aromatic N) is 2. The third-order valence-electron chi connectivity index (χ3n) is 4.06. The molecule has 0 atom stereocenters. The van der Waals surface area contributed by atoms with Crippen molar-refractivity contribution in [3.8, 4) is 0 Å². The molecule has 108 valence electrons. The van der Waals surface area contributed by atoms with Gasteiger partial charge in [-0.2, -0.15) is 0 Å². The molecule has 2 fully saturated rings. The Kier molecular flexibility index (Phi) is 4.76. The second-order valence-electron chi connectivity index (χ2n) is 5.29. The largest absolute Gasteiger partial charge is 0.447 e. The number of hydrogen-bond donors (Lipinski definition) is 1. The normalized spacial score (nSPS) is 27.7. The van der Waals surface area contributed by atoms with E-state index >= 15 is 0 Å². The van der Waals surface area contributed by atoms with E-state index in [-0.39, 0.29) is 5.91 Å². The van der Waals surface area contributed by atoms with Crippen molar-refractivity contribution in [2.24, 2.45) is 5.73 Å². The van der Waals surface area contributed by atoms with E-state index in [1.54, 1.807) is 0 Å². The molecule has 1 heterocycles. The van der Waals surface area contributed by atoms with Crippen LogP contribution >= 0.6 is 0 Å². The Balaban J connectivity index is 1.88. The first-order chi connectivity index (χ1) is 9.11. The lowest BCUT2D eigenvalue weighted by atomic mass is 9.90. The van der Waals surface area contributed by atoms with Crippen LogP contribution in [0.25, 0.3) is 0 Å². The topological polar surface area (TPSA) is 75.9 Å². The first-order valence-corrected chi connectivity index (χ1v) is 7.08. The first-order valence-electron chi connectivity index (χ1n) is 7.08. The number of amides is 2. The summed E-state index contributed by atoms with van der Waals surface area (Å²) in [5.74, 6) is -0.153. The second kappa shape index (κ2) is 6.34. The number of hydrogen-bond acceptors (Lipinski definition) is 5. The van der Waals surface area contributed by atoms with Crippen LogP contribution in [0, 0.1) is 0 Å². The van der Waals surface area contributed by atoms with E-state index in [0.717, 1.165) is 32.2 Å². The maximum Gasteiger partial charge on any atom is 0.416 e. The monoisotopic (exact) mass is 269 g/mol. The van der Waals surface area contributed by atoms with Crippen LogP contribution in [0.3, 0.4) is 0 Å². The Hall–Kier alpha value is -1.14. The van der Waals surface area contributed by atoms with E-state index in [1.807, 2.05) is 6.92 Å². The smallest absolute Gasteiger partial charge is 0.416 e. The van der Waals surface area contributed by atoms with Gasteiger partial charge in [0.05, 0.1) is 13.1 Å². The summed E-state index contributed by atoms with van der Waals surface area (Å²) < 4.78 is 4.79. The highest BCUT2D eigenvalue weighted by molar-refractivity contribution is 5.94. The molecule has 1 aliphatic heterocycles. The molecule has 2 aliphatic rings.